The second-order valence-corrected chi connectivity index (χ2v) is 6.46. The number of aromatic amines is 2. The fraction of sp³-hybridized carbons (Fsp3) is 0.467. The van der Waals surface area contributed by atoms with E-state index >= 15 is 0 Å². The minimum absolute atomic E-state index is 0.222. The van der Waals surface area contributed by atoms with Gasteiger partial charge in [-0.2, -0.15) is 0 Å². The van der Waals surface area contributed by atoms with Crippen molar-refractivity contribution in [1.82, 2.24) is 34.8 Å². The summed E-state index contributed by atoms with van der Waals surface area (Å²) < 4.78 is 1.97. The number of H-pyrrole nitrogens is 2. The summed E-state index contributed by atoms with van der Waals surface area (Å²) in [6.45, 7) is 6.60. The van der Waals surface area contributed by atoms with Crippen LogP contribution >= 0.6 is 0 Å². The van der Waals surface area contributed by atoms with Crippen LogP contribution in [-0.2, 0) is 0 Å². The number of hydrogen-bond donors (Lipinski definition) is 2. The molecule has 1 aliphatic heterocycles. The Labute approximate surface area is 147 Å². The highest BCUT2D eigenvalue weighted by atomic mass is 16.2. The highest BCUT2D eigenvalue weighted by Crippen LogP contribution is 2.22. The summed E-state index contributed by atoms with van der Waals surface area (Å²) in [6, 6.07) is 0. The SMILES string of the molecule is CC(C)c1nnc2c(N3CCN(c4n[nH]c(=O)[nH]c4=O)CC3)nccn12. The van der Waals surface area contributed by atoms with Crippen LogP contribution in [0.5, 0.6) is 0 Å². The lowest BCUT2D eigenvalue weighted by molar-refractivity contribution is 0.631. The van der Waals surface area contributed by atoms with E-state index in [0.29, 0.717) is 26.2 Å². The zero-order valence-electron chi connectivity index (χ0n) is 14.5. The van der Waals surface area contributed by atoms with Gasteiger partial charge in [-0.25, -0.2) is 14.9 Å². The minimum Gasteiger partial charge on any atom is -0.350 e. The Kier molecular flexibility index (Phi) is 3.90. The molecule has 26 heavy (non-hydrogen) atoms. The average molecular weight is 357 g/mol. The molecule has 1 saturated heterocycles. The van der Waals surface area contributed by atoms with Crippen LogP contribution in [0.3, 0.4) is 0 Å². The number of nitrogens with zero attached hydrogens (tertiary/aromatic N) is 7. The maximum atomic E-state index is 11.9. The topological polar surface area (TPSA) is 128 Å². The van der Waals surface area contributed by atoms with Crippen molar-refractivity contribution in [2.45, 2.75) is 19.8 Å². The zero-order chi connectivity index (χ0) is 18.3. The van der Waals surface area contributed by atoms with Crippen LogP contribution in [0.15, 0.2) is 22.0 Å². The summed E-state index contributed by atoms with van der Waals surface area (Å²) in [7, 11) is 0. The fourth-order valence-electron chi connectivity index (χ4n) is 3.13. The second-order valence-electron chi connectivity index (χ2n) is 6.46. The highest BCUT2D eigenvalue weighted by Gasteiger charge is 2.24. The molecule has 0 spiro atoms. The summed E-state index contributed by atoms with van der Waals surface area (Å²) in [5.41, 5.74) is -0.368. The molecule has 3 aromatic heterocycles. The molecule has 0 amide bonds. The number of piperazine rings is 1. The predicted octanol–water partition coefficient (Wildman–Crippen LogP) is -0.654. The van der Waals surface area contributed by atoms with Crippen LogP contribution in [0, 0.1) is 0 Å². The molecule has 1 fully saturated rings. The van der Waals surface area contributed by atoms with Gasteiger partial charge in [-0.15, -0.1) is 15.3 Å². The molecular formula is C15H19N9O2. The minimum atomic E-state index is -0.610. The van der Waals surface area contributed by atoms with Gasteiger partial charge < -0.3 is 9.80 Å². The molecule has 4 heterocycles. The first-order valence-electron chi connectivity index (χ1n) is 8.43. The van der Waals surface area contributed by atoms with Gasteiger partial charge in [0.1, 0.15) is 5.82 Å². The highest BCUT2D eigenvalue weighted by molar-refractivity contribution is 5.64. The standard InChI is InChI=1S/C15H19N9O2/c1-9(2)10-18-19-12-11(16-3-4-24(10)12)22-5-7-23(8-6-22)13-14(25)17-15(26)21-20-13/h3-4,9H,5-8H2,1-2H3,(H2,17,21,25,26). The van der Waals surface area contributed by atoms with Crippen molar-refractivity contribution >= 4 is 17.3 Å². The summed E-state index contributed by atoms with van der Waals surface area (Å²) in [5, 5.41) is 14.7. The third-order valence-corrected chi connectivity index (χ3v) is 4.42. The van der Waals surface area contributed by atoms with Gasteiger partial charge in [0, 0.05) is 44.5 Å². The first-order chi connectivity index (χ1) is 12.5. The smallest absolute Gasteiger partial charge is 0.342 e. The average Bonchev–Trinajstić information content (AvgIpc) is 3.06. The van der Waals surface area contributed by atoms with E-state index in [0.717, 1.165) is 17.3 Å². The molecular weight excluding hydrogens is 338 g/mol. The Morgan fingerprint density at radius 2 is 1.73 bits per heavy atom. The van der Waals surface area contributed by atoms with Gasteiger partial charge in [0.15, 0.2) is 5.82 Å². The monoisotopic (exact) mass is 357 g/mol. The maximum absolute atomic E-state index is 11.9. The number of nitrogens with one attached hydrogen (secondary N) is 2. The molecule has 0 radical (unpaired) electrons. The van der Waals surface area contributed by atoms with E-state index in [9.17, 15) is 9.59 Å². The Balaban J connectivity index is 1.58. The maximum Gasteiger partial charge on any atom is 0.342 e. The number of rotatable bonds is 3. The van der Waals surface area contributed by atoms with Crippen molar-refractivity contribution in [1.29, 1.82) is 0 Å². The lowest BCUT2D eigenvalue weighted by Gasteiger charge is -2.35. The molecule has 0 saturated carbocycles. The lowest BCUT2D eigenvalue weighted by Crippen LogP contribution is -2.49. The number of aromatic nitrogens is 7. The Hall–Kier alpha value is -3.24. The van der Waals surface area contributed by atoms with E-state index in [2.05, 4.69) is 49.1 Å². The molecule has 0 aliphatic carbocycles. The number of fused-ring (bicyclic) bond motifs is 1. The molecule has 4 rings (SSSR count). The molecule has 0 bridgehead atoms. The molecule has 2 N–H and O–H groups in total. The predicted molar refractivity (Wildman–Crippen MR) is 94.8 cm³/mol. The van der Waals surface area contributed by atoms with Gasteiger partial charge in [-0.1, -0.05) is 13.8 Å². The van der Waals surface area contributed by atoms with E-state index in [1.807, 2.05) is 15.5 Å². The summed E-state index contributed by atoms with van der Waals surface area (Å²) in [4.78, 5) is 33.7. The van der Waals surface area contributed by atoms with Crippen molar-refractivity contribution in [2.75, 3.05) is 36.0 Å². The van der Waals surface area contributed by atoms with Crippen molar-refractivity contribution in [3.63, 3.8) is 0 Å². The van der Waals surface area contributed by atoms with Gasteiger partial charge >= 0.3 is 5.69 Å². The Morgan fingerprint density at radius 3 is 2.38 bits per heavy atom. The van der Waals surface area contributed by atoms with E-state index in [1.54, 1.807) is 6.20 Å². The van der Waals surface area contributed by atoms with Crippen LogP contribution in [0.4, 0.5) is 11.6 Å². The normalized spacial score (nSPS) is 15.2. The van der Waals surface area contributed by atoms with Gasteiger partial charge in [-0.05, 0) is 0 Å². The Morgan fingerprint density at radius 1 is 1.04 bits per heavy atom. The van der Waals surface area contributed by atoms with Gasteiger partial charge in [-0.3, -0.25) is 14.2 Å². The summed E-state index contributed by atoms with van der Waals surface area (Å²) in [6.07, 6.45) is 3.62. The van der Waals surface area contributed by atoms with E-state index in [4.69, 9.17) is 0 Å². The van der Waals surface area contributed by atoms with Crippen molar-refractivity contribution in [2.24, 2.45) is 0 Å². The second kappa shape index (κ2) is 6.24. The van der Waals surface area contributed by atoms with E-state index in [-0.39, 0.29) is 11.7 Å². The molecule has 11 nitrogen and oxygen atoms in total. The van der Waals surface area contributed by atoms with Crippen LogP contribution in [0.1, 0.15) is 25.6 Å². The molecule has 0 aromatic carbocycles. The number of hydrogen-bond acceptors (Lipinski definition) is 8. The van der Waals surface area contributed by atoms with Crippen molar-refractivity contribution in [3.05, 3.63) is 39.1 Å². The molecule has 11 heteroatoms. The molecule has 1 aliphatic rings. The largest absolute Gasteiger partial charge is 0.350 e. The van der Waals surface area contributed by atoms with Crippen LogP contribution < -0.4 is 21.0 Å². The van der Waals surface area contributed by atoms with Crippen LogP contribution in [-0.4, -0.2) is 60.9 Å². The van der Waals surface area contributed by atoms with Crippen LogP contribution in [0.2, 0.25) is 0 Å². The van der Waals surface area contributed by atoms with Gasteiger partial charge in [0.25, 0.3) is 5.56 Å². The Bertz CT molecular complexity index is 1040. The lowest BCUT2D eigenvalue weighted by atomic mass is 10.2. The van der Waals surface area contributed by atoms with Crippen LogP contribution in [0.25, 0.3) is 5.65 Å². The quantitative estimate of drug-likeness (QED) is 0.633. The summed E-state index contributed by atoms with van der Waals surface area (Å²) in [5.74, 6) is 2.15. The number of anilines is 2. The molecule has 3 aromatic rings. The third-order valence-electron chi connectivity index (χ3n) is 4.42. The van der Waals surface area contributed by atoms with Crippen molar-refractivity contribution < 1.29 is 0 Å². The molecule has 0 atom stereocenters. The molecule has 136 valence electrons. The van der Waals surface area contributed by atoms with Crippen molar-refractivity contribution in [3.8, 4) is 0 Å². The first kappa shape index (κ1) is 16.2. The van der Waals surface area contributed by atoms with Gasteiger partial charge in [0.05, 0.1) is 0 Å². The fourth-order valence-corrected chi connectivity index (χ4v) is 3.13. The van der Waals surface area contributed by atoms with E-state index < -0.39 is 11.2 Å². The third kappa shape index (κ3) is 2.70. The zero-order valence-corrected chi connectivity index (χ0v) is 14.5. The summed E-state index contributed by atoms with van der Waals surface area (Å²) >= 11 is 0. The van der Waals surface area contributed by atoms with Gasteiger partial charge in [0.2, 0.25) is 11.5 Å². The molecule has 0 unspecified atom stereocenters. The van der Waals surface area contributed by atoms with E-state index in [1.165, 1.54) is 0 Å². The first-order valence-corrected chi connectivity index (χ1v) is 8.43.